The third kappa shape index (κ3) is 6.99. The average Bonchev–Trinajstić information content (AvgIpc) is 3.93. The van der Waals surface area contributed by atoms with E-state index in [9.17, 15) is 38.3 Å². The summed E-state index contributed by atoms with van der Waals surface area (Å²) in [5.74, 6) is -3.14. The van der Waals surface area contributed by atoms with E-state index in [1.807, 2.05) is 18.2 Å². The van der Waals surface area contributed by atoms with Gasteiger partial charge >= 0.3 is 6.03 Å². The number of thiazole rings is 1. The molecule has 1 atom stereocenters. The first-order chi connectivity index (χ1) is 28.5. The summed E-state index contributed by atoms with van der Waals surface area (Å²) in [6.07, 6.45) is 1.50. The number of aromatic hydroxyl groups is 1. The molecule has 1 unspecified atom stereocenters. The van der Waals surface area contributed by atoms with Crippen molar-refractivity contribution in [1.82, 2.24) is 40.3 Å². The number of anilines is 2. The quantitative estimate of drug-likeness (QED) is 0.183. The van der Waals surface area contributed by atoms with Crippen LogP contribution in [0.2, 0.25) is 0 Å². The molecule has 0 radical (unpaired) electrons. The van der Waals surface area contributed by atoms with E-state index in [4.69, 9.17) is 0 Å². The lowest BCUT2D eigenvalue weighted by Crippen LogP contribution is -2.58. The van der Waals surface area contributed by atoms with E-state index in [-0.39, 0.29) is 42.0 Å². The Bertz CT molecular complexity index is 2560. The van der Waals surface area contributed by atoms with E-state index in [1.54, 1.807) is 35.7 Å². The number of hydrazine groups is 1. The van der Waals surface area contributed by atoms with Gasteiger partial charge in [0.2, 0.25) is 5.91 Å². The molecule has 2 saturated heterocycles. The number of piperazine rings is 1. The molecule has 3 aromatic carbocycles. The minimum atomic E-state index is -1.35. The molecule has 5 aromatic rings. The number of urea groups is 1. The van der Waals surface area contributed by atoms with Gasteiger partial charge in [-0.15, -0.1) is 21.5 Å². The second kappa shape index (κ2) is 15.0. The molecule has 19 heteroatoms. The van der Waals surface area contributed by atoms with Crippen LogP contribution in [0.3, 0.4) is 0 Å². The van der Waals surface area contributed by atoms with Crippen LogP contribution in [0.1, 0.15) is 60.2 Å². The Morgan fingerprint density at radius 2 is 1.68 bits per heavy atom. The molecule has 0 bridgehead atoms. The van der Waals surface area contributed by atoms with E-state index >= 15 is 0 Å². The molecule has 59 heavy (non-hydrogen) atoms. The fourth-order valence-corrected chi connectivity index (χ4v) is 8.26. The smallest absolute Gasteiger partial charge is 0.343 e. The van der Waals surface area contributed by atoms with E-state index < -0.39 is 47.4 Å². The Balaban J connectivity index is 0.842. The van der Waals surface area contributed by atoms with Crippen LogP contribution in [0.15, 0.2) is 78.3 Å². The lowest BCUT2D eigenvalue weighted by Gasteiger charge is -2.35. The van der Waals surface area contributed by atoms with Gasteiger partial charge in [0.25, 0.3) is 23.6 Å². The molecular formula is C40H33FN10O7S. The van der Waals surface area contributed by atoms with Crippen molar-refractivity contribution in [2.75, 3.05) is 42.9 Å². The van der Waals surface area contributed by atoms with Gasteiger partial charge in [-0.3, -0.25) is 39.5 Å². The van der Waals surface area contributed by atoms with Gasteiger partial charge in [0.05, 0.1) is 23.4 Å². The highest BCUT2D eigenvalue weighted by Crippen LogP contribution is 2.38. The number of hydrogen-bond donors (Lipinski definition) is 3. The highest BCUT2D eigenvalue weighted by atomic mass is 32.1. The molecule has 4 aliphatic heterocycles. The van der Waals surface area contributed by atoms with Crippen LogP contribution in [-0.4, -0.2) is 108 Å². The fourth-order valence-electron chi connectivity index (χ4n) is 7.73. The molecule has 0 saturated carbocycles. The maximum atomic E-state index is 14.4. The van der Waals surface area contributed by atoms with Crippen molar-refractivity contribution in [3.05, 3.63) is 118 Å². The topological polar surface area (TPSA) is 202 Å². The monoisotopic (exact) mass is 816 g/mol. The summed E-state index contributed by atoms with van der Waals surface area (Å²) in [6, 6.07) is 15.1. The van der Waals surface area contributed by atoms with Crippen LogP contribution in [0, 0.1) is 5.82 Å². The zero-order chi connectivity index (χ0) is 40.9. The summed E-state index contributed by atoms with van der Waals surface area (Å²) < 4.78 is 14.4. The van der Waals surface area contributed by atoms with Crippen molar-refractivity contribution in [1.29, 1.82) is 0 Å². The molecule has 7 amide bonds. The van der Waals surface area contributed by atoms with Crippen molar-refractivity contribution >= 4 is 57.9 Å². The van der Waals surface area contributed by atoms with Gasteiger partial charge in [0, 0.05) is 74.0 Å². The molecule has 0 spiro atoms. The number of carbonyl (C=O) groups excluding carboxylic acids is 6. The van der Waals surface area contributed by atoms with Crippen molar-refractivity contribution < 1.29 is 38.3 Å². The number of rotatable bonds is 9. The summed E-state index contributed by atoms with van der Waals surface area (Å²) in [5.41, 5.74) is 3.34. The van der Waals surface area contributed by atoms with Gasteiger partial charge in [0.1, 0.15) is 17.6 Å². The summed E-state index contributed by atoms with van der Waals surface area (Å²) in [5, 5.41) is 28.2. The average molecular weight is 817 g/mol. The van der Waals surface area contributed by atoms with Crippen LogP contribution in [-0.2, 0) is 22.7 Å². The molecular weight excluding hydrogens is 784 g/mol. The Hall–Kier alpha value is -7.12. The SMILES string of the molecule is O=C1CCN(N2C(=O)c3ccc(CN4CCN(c5ccc(-c6ccc7c(c6)C(=O)N(C(C(=O)Nc6nccs6)c6cc(F)ccc6O)C7)nn5)CC4)cc3C2=O)C(=O)N1. The van der Waals surface area contributed by atoms with Crippen molar-refractivity contribution in [2.24, 2.45) is 0 Å². The first-order valence-electron chi connectivity index (χ1n) is 18.6. The number of imide groups is 2. The van der Waals surface area contributed by atoms with Crippen molar-refractivity contribution in [2.45, 2.75) is 25.6 Å². The number of phenolic OH excluding ortho intramolecular Hbond substituents is 1. The second-order valence-corrected chi connectivity index (χ2v) is 15.2. The van der Waals surface area contributed by atoms with Gasteiger partial charge < -0.3 is 14.9 Å². The largest absolute Gasteiger partial charge is 0.508 e. The van der Waals surface area contributed by atoms with E-state index in [0.29, 0.717) is 66.1 Å². The third-order valence-corrected chi connectivity index (χ3v) is 11.4. The summed E-state index contributed by atoms with van der Waals surface area (Å²) in [7, 11) is 0. The van der Waals surface area contributed by atoms with Gasteiger partial charge in [0.15, 0.2) is 10.9 Å². The lowest BCUT2D eigenvalue weighted by molar-refractivity contribution is -0.123. The molecule has 0 aliphatic carbocycles. The maximum absolute atomic E-state index is 14.4. The van der Waals surface area contributed by atoms with Crippen LogP contribution in [0.5, 0.6) is 5.75 Å². The fraction of sp³-hybridized carbons (Fsp3) is 0.225. The maximum Gasteiger partial charge on any atom is 0.343 e. The number of phenols is 1. The minimum absolute atomic E-state index is 0.0173. The number of aromatic nitrogens is 3. The number of fused-ring (bicyclic) bond motifs is 2. The summed E-state index contributed by atoms with van der Waals surface area (Å²) in [4.78, 5) is 87.4. The Morgan fingerprint density at radius 1 is 0.864 bits per heavy atom. The van der Waals surface area contributed by atoms with Gasteiger partial charge in [-0.2, -0.15) is 5.01 Å². The van der Waals surface area contributed by atoms with Crippen LogP contribution in [0.25, 0.3) is 11.3 Å². The second-order valence-electron chi connectivity index (χ2n) is 14.3. The Labute approximate surface area is 338 Å². The molecule has 298 valence electrons. The molecule has 2 aromatic heterocycles. The summed E-state index contributed by atoms with van der Waals surface area (Å²) >= 11 is 1.18. The Morgan fingerprint density at radius 3 is 2.42 bits per heavy atom. The van der Waals surface area contributed by atoms with Gasteiger partial charge in [-0.25, -0.2) is 19.2 Å². The predicted octanol–water partition coefficient (Wildman–Crippen LogP) is 3.56. The number of halogens is 1. The summed E-state index contributed by atoms with van der Waals surface area (Å²) in [6.45, 7) is 3.16. The molecule has 9 rings (SSSR count). The number of carbonyl (C=O) groups is 6. The van der Waals surface area contributed by atoms with E-state index in [2.05, 4.69) is 35.6 Å². The van der Waals surface area contributed by atoms with E-state index in [1.165, 1.54) is 22.4 Å². The van der Waals surface area contributed by atoms with Crippen LogP contribution in [0.4, 0.5) is 20.1 Å². The standard InChI is InChI=1S/C40H33FN10O7S/c41-25-4-7-31(52)29(19-25)34(35(54)44-39-42-10-16-59-39)49-21-24-3-2-23(18-27(24)36(49)55)30-6-8-32(46-45-30)48-14-12-47(13-15-48)20-22-1-5-26-28(17-22)38(57)51(37(26)56)50-11-9-33(53)43-40(50)58/h1-8,10,16-19,34,52H,9,11-15,20-21H2,(H,42,44,54)(H,43,53,58). The highest BCUT2D eigenvalue weighted by molar-refractivity contribution is 7.13. The number of hydrogen-bond acceptors (Lipinski definition) is 13. The number of benzene rings is 3. The molecule has 4 aliphatic rings. The van der Waals surface area contributed by atoms with E-state index in [0.717, 1.165) is 33.8 Å². The first kappa shape index (κ1) is 37.5. The molecule has 17 nitrogen and oxygen atoms in total. The molecule has 6 heterocycles. The van der Waals surface area contributed by atoms with Gasteiger partial charge in [-0.05, 0) is 59.7 Å². The highest BCUT2D eigenvalue weighted by Gasteiger charge is 2.43. The van der Waals surface area contributed by atoms with Crippen LogP contribution >= 0.6 is 11.3 Å². The number of amides is 7. The predicted molar refractivity (Wildman–Crippen MR) is 208 cm³/mol. The minimum Gasteiger partial charge on any atom is -0.508 e. The van der Waals surface area contributed by atoms with Crippen molar-refractivity contribution in [3.8, 4) is 17.0 Å². The van der Waals surface area contributed by atoms with Crippen molar-refractivity contribution in [3.63, 3.8) is 0 Å². The molecule has 3 N–H and O–H groups in total. The lowest BCUT2D eigenvalue weighted by atomic mass is 10.0. The third-order valence-electron chi connectivity index (χ3n) is 10.7. The Kier molecular flexibility index (Phi) is 9.52. The number of nitrogens with one attached hydrogen (secondary N) is 2. The number of nitrogens with zero attached hydrogens (tertiary/aromatic N) is 8. The first-order valence-corrected chi connectivity index (χ1v) is 19.5. The van der Waals surface area contributed by atoms with Crippen LogP contribution < -0.4 is 15.5 Å². The zero-order valence-electron chi connectivity index (χ0n) is 31.0. The zero-order valence-corrected chi connectivity index (χ0v) is 31.8. The normalized spacial score (nSPS) is 17.3. The van der Waals surface area contributed by atoms with Gasteiger partial charge in [-0.1, -0.05) is 18.2 Å². The molecule has 2 fully saturated rings.